The molecule has 174 valence electrons. The zero-order valence-corrected chi connectivity index (χ0v) is 20.1. The first kappa shape index (κ1) is 24.0. The molecular weight excluding hydrogens is 473 g/mol. The van der Waals surface area contributed by atoms with Gasteiger partial charge < -0.3 is 5.32 Å². The van der Waals surface area contributed by atoms with Gasteiger partial charge in [-0.15, -0.1) is 0 Å². The van der Waals surface area contributed by atoms with Crippen LogP contribution >= 0.6 is 23.4 Å². The molecule has 0 spiro atoms. The molecule has 0 aliphatic heterocycles. The van der Waals surface area contributed by atoms with Gasteiger partial charge in [-0.3, -0.25) is 14.2 Å². The molecule has 0 radical (unpaired) electrons. The molecular formula is C26H23ClFN3O2S. The van der Waals surface area contributed by atoms with Crippen LogP contribution in [0, 0.1) is 5.82 Å². The van der Waals surface area contributed by atoms with Gasteiger partial charge in [0, 0.05) is 28.4 Å². The molecule has 0 saturated carbocycles. The summed E-state index contributed by atoms with van der Waals surface area (Å²) in [4.78, 5) is 30.6. The third kappa shape index (κ3) is 5.32. The largest absolute Gasteiger partial charge is 0.352 e. The van der Waals surface area contributed by atoms with Crippen LogP contribution in [0.3, 0.4) is 0 Å². The van der Waals surface area contributed by atoms with E-state index in [1.54, 1.807) is 34.9 Å². The number of halogens is 2. The predicted octanol–water partition coefficient (Wildman–Crippen LogP) is 5.67. The van der Waals surface area contributed by atoms with Crippen molar-refractivity contribution in [2.24, 2.45) is 0 Å². The normalized spacial score (nSPS) is 11.0. The van der Waals surface area contributed by atoms with Crippen LogP contribution in [0.5, 0.6) is 0 Å². The number of benzene rings is 3. The first-order valence-electron chi connectivity index (χ1n) is 10.9. The Morgan fingerprint density at radius 3 is 2.65 bits per heavy atom. The molecule has 0 atom stereocenters. The number of aromatic nitrogens is 2. The summed E-state index contributed by atoms with van der Waals surface area (Å²) in [5.41, 5.74) is 1.91. The summed E-state index contributed by atoms with van der Waals surface area (Å²) in [5.74, 6) is -0.423. The van der Waals surface area contributed by atoms with Crippen LogP contribution in [-0.4, -0.2) is 22.0 Å². The Kier molecular flexibility index (Phi) is 7.65. The maximum atomic E-state index is 14.3. The highest BCUT2D eigenvalue weighted by Crippen LogP contribution is 2.28. The first-order chi connectivity index (χ1) is 16.5. The lowest BCUT2D eigenvalue weighted by Crippen LogP contribution is -2.26. The Morgan fingerprint density at radius 1 is 1.12 bits per heavy atom. The third-order valence-electron chi connectivity index (χ3n) is 5.31. The molecule has 0 fully saturated rings. The highest BCUT2D eigenvalue weighted by molar-refractivity contribution is 7.98. The molecule has 1 aromatic heterocycles. The van der Waals surface area contributed by atoms with Crippen molar-refractivity contribution >= 4 is 40.2 Å². The van der Waals surface area contributed by atoms with Gasteiger partial charge in [-0.1, -0.05) is 66.7 Å². The molecule has 0 bridgehead atoms. The molecule has 1 N–H and O–H groups in total. The minimum absolute atomic E-state index is 0.203. The van der Waals surface area contributed by atoms with E-state index in [-0.39, 0.29) is 17.2 Å². The Morgan fingerprint density at radius 2 is 1.91 bits per heavy atom. The summed E-state index contributed by atoms with van der Waals surface area (Å²) in [7, 11) is 0. The number of carbonyl (C=O) groups excluding carboxylic acids is 1. The van der Waals surface area contributed by atoms with Gasteiger partial charge in [0.1, 0.15) is 5.82 Å². The maximum absolute atomic E-state index is 14.3. The molecule has 3 aromatic carbocycles. The summed E-state index contributed by atoms with van der Waals surface area (Å²) in [6.07, 6.45) is 0.821. The Balaban J connectivity index is 1.77. The highest BCUT2D eigenvalue weighted by Gasteiger charge is 2.16. The van der Waals surface area contributed by atoms with E-state index in [1.807, 2.05) is 37.3 Å². The van der Waals surface area contributed by atoms with E-state index in [1.165, 1.54) is 17.8 Å². The molecule has 0 aliphatic carbocycles. The molecule has 0 saturated heterocycles. The van der Waals surface area contributed by atoms with Crippen LogP contribution in [-0.2, 0) is 12.3 Å². The fourth-order valence-electron chi connectivity index (χ4n) is 3.51. The minimum Gasteiger partial charge on any atom is -0.352 e. The predicted molar refractivity (Wildman–Crippen MR) is 135 cm³/mol. The van der Waals surface area contributed by atoms with Gasteiger partial charge in [-0.25, -0.2) is 9.37 Å². The lowest BCUT2D eigenvalue weighted by molar-refractivity contribution is 0.0954. The topological polar surface area (TPSA) is 64.0 Å². The number of thioether (sulfide) groups is 1. The molecule has 1 heterocycles. The Hall–Kier alpha value is -3.16. The number of amides is 1. The van der Waals surface area contributed by atoms with Crippen molar-refractivity contribution in [2.45, 2.75) is 30.8 Å². The molecule has 0 unspecified atom stereocenters. The van der Waals surface area contributed by atoms with Gasteiger partial charge in [0.2, 0.25) is 0 Å². The van der Waals surface area contributed by atoms with Crippen molar-refractivity contribution in [3.8, 4) is 0 Å². The monoisotopic (exact) mass is 495 g/mol. The summed E-state index contributed by atoms with van der Waals surface area (Å²) in [5, 5.41) is 3.99. The van der Waals surface area contributed by atoms with E-state index in [2.05, 4.69) is 5.32 Å². The summed E-state index contributed by atoms with van der Waals surface area (Å²) >= 11 is 7.43. The van der Waals surface area contributed by atoms with Crippen molar-refractivity contribution in [1.82, 2.24) is 14.9 Å². The highest BCUT2D eigenvalue weighted by atomic mass is 35.5. The quantitative estimate of drug-likeness (QED) is 0.253. The number of hydrogen-bond acceptors (Lipinski definition) is 4. The lowest BCUT2D eigenvalue weighted by Gasteiger charge is -2.14. The van der Waals surface area contributed by atoms with Gasteiger partial charge in [0.15, 0.2) is 5.16 Å². The molecule has 1 amide bonds. The molecule has 5 nitrogen and oxygen atoms in total. The molecule has 4 aromatic rings. The van der Waals surface area contributed by atoms with E-state index >= 15 is 0 Å². The summed E-state index contributed by atoms with van der Waals surface area (Å²) < 4.78 is 15.9. The number of nitrogens with zero attached hydrogens (tertiary/aromatic N) is 2. The second-order valence-corrected chi connectivity index (χ2v) is 9.10. The van der Waals surface area contributed by atoms with Crippen LogP contribution in [0.4, 0.5) is 4.39 Å². The minimum atomic E-state index is -0.410. The standard InChI is InChI=1S/C26H23ClFN3O2S/c1-2-13-29-24(32)18-11-12-19-23(14-18)30-26(34-16-20-21(27)9-6-10-22(20)28)31(25(19)33)15-17-7-4-3-5-8-17/h3-12,14H,2,13,15-16H2,1H3,(H,29,32). The van der Waals surface area contributed by atoms with Gasteiger partial charge in [-0.05, 0) is 42.3 Å². The van der Waals surface area contributed by atoms with Crippen LogP contribution in [0.1, 0.15) is 34.8 Å². The van der Waals surface area contributed by atoms with Gasteiger partial charge in [0.25, 0.3) is 11.5 Å². The summed E-state index contributed by atoms with van der Waals surface area (Å²) in [6.45, 7) is 2.85. The molecule has 4 rings (SSSR count). The van der Waals surface area contributed by atoms with Crippen LogP contribution in [0.2, 0.25) is 5.02 Å². The van der Waals surface area contributed by atoms with E-state index in [9.17, 15) is 14.0 Å². The number of rotatable bonds is 8. The first-order valence-corrected chi connectivity index (χ1v) is 12.3. The fourth-order valence-corrected chi connectivity index (χ4v) is 4.85. The van der Waals surface area contributed by atoms with E-state index in [0.717, 1.165) is 12.0 Å². The van der Waals surface area contributed by atoms with Crippen molar-refractivity contribution in [2.75, 3.05) is 6.54 Å². The van der Waals surface area contributed by atoms with Crippen LogP contribution < -0.4 is 10.9 Å². The Labute approximate surface area is 206 Å². The number of nitrogens with one attached hydrogen (secondary N) is 1. The second kappa shape index (κ2) is 10.8. The van der Waals surface area contributed by atoms with Gasteiger partial charge in [0.05, 0.1) is 17.4 Å². The van der Waals surface area contributed by atoms with E-state index in [0.29, 0.717) is 45.3 Å². The summed E-state index contributed by atoms with van der Waals surface area (Å²) in [6, 6.07) is 19.0. The second-order valence-electron chi connectivity index (χ2n) is 7.75. The average molecular weight is 496 g/mol. The average Bonchev–Trinajstić information content (AvgIpc) is 2.84. The number of carbonyl (C=O) groups is 1. The number of fused-ring (bicyclic) bond motifs is 1. The van der Waals surface area contributed by atoms with Crippen LogP contribution in [0.25, 0.3) is 10.9 Å². The molecule has 0 aliphatic rings. The van der Waals surface area contributed by atoms with Gasteiger partial charge in [-0.2, -0.15) is 0 Å². The zero-order valence-electron chi connectivity index (χ0n) is 18.6. The van der Waals surface area contributed by atoms with Crippen molar-refractivity contribution < 1.29 is 9.18 Å². The van der Waals surface area contributed by atoms with Gasteiger partial charge >= 0.3 is 0 Å². The van der Waals surface area contributed by atoms with Crippen molar-refractivity contribution in [1.29, 1.82) is 0 Å². The Bertz CT molecular complexity index is 1370. The third-order valence-corrected chi connectivity index (χ3v) is 6.67. The lowest BCUT2D eigenvalue weighted by atomic mass is 10.1. The van der Waals surface area contributed by atoms with E-state index < -0.39 is 5.82 Å². The van der Waals surface area contributed by atoms with E-state index in [4.69, 9.17) is 16.6 Å². The zero-order chi connectivity index (χ0) is 24.1. The number of hydrogen-bond donors (Lipinski definition) is 1. The fraction of sp³-hybridized carbons (Fsp3) is 0.192. The molecule has 34 heavy (non-hydrogen) atoms. The smallest absolute Gasteiger partial charge is 0.262 e. The van der Waals surface area contributed by atoms with Crippen molar-refractivity contribution in [3.63, 3.8) is 0 Å². The maximum Gasteiger partial charge on any atom is 0.262 e. The van der Waals surface area contributed by atoms with Crippen molar-refractivity contribution in [3.05, 3.63) is 105 Å². The SMILES string of the molecule is CCCNC(=O)c1ccc2c(=O)n(Cc3ccccc3)c(SCc3c(F)cccc3Cl)nc2c1. The van der Waals surface area contributed by atoms with Crippen LogP contribution in [0.15, 0.2) is 76.7 Å². The molecule has 8 heteroatoms.